The maximum Gasteiger partial charge on any atom is 0.223 e. The number of carbonyl (C=O) groups excluding carboxylic acids is 1. The number of rotatable bonds is 5. The molecule has 0 unspecified atom stereocenters. The van der Waals surface area contributed by atoms with Crippen LogP contribution in [-0.2, 0) is 17.9 Å². The standard InChI is InChI=1S/C19H29N3O/c1-3-22-13-17(11-20-22)12-21(2)18(23)10-19-7-14-4-15(8-19)6-16(5-14)9-19/h11,13-16H,3-10,12H2,1-2H3. The smallest absolute Gasteiger partial charge is 0.223 e. The van der Waals surface area contributed by atoms with E-state index in [9.17, 15) is 4.79 Å². The zero-order chi connectivity index (χ0) is 16.0. The molecule has 126 valence electrons. The van der Waals surface area contributed by atoms with Crippen molar-refractivity contribution in [1.82, 2.24) is 14.7 Å². The number of carbonyl (C=O) groups is 1. The molecule has 0 radical (unpaired) electrons. The highest BCUT2D eigenvalue weighted by Crippen LogP contribution is 2.61. The summed E-state index contributed by atoms with van der Waals surface area (Å²) in [7, 11) is 1.95. The van der Waals surface area contributed by atoms with E-state index in [0.29, 0.717) is 17.9 Å². The van der Waals surface area contributed by atoms with Crippen molar-refractivity contribution < 1.29 is 4.79 Å². The Hall–Kier alpha value is -1.32. The summed E-state index contributed by atoms with van der Waals surface area (Å²) in [5.74, 6) is 3.09. The monoisotopic (exact) mass is 315 g/mol. The van der Waals surface area contributed by atoms with Crippen LogP contribution in [0.5, 0.6) is 0 Å². The van der Waals surface area contributed by atoms with Crippen LogP contribution in [0.15, 0.2) is 12.4 Å². The number of hydrogen-bond acceptors (Lipinski definition) is 2. The van der Waals surface area contributed by atoms with E-state index in [-0.39, 0.29) is 0 Å². The second-order valence-corrected chi connectivity index (χ2v) is 8.55. The molecule has 4 aliphatic rings. The minimum Gasteiger partial charge on any atom is -0.341 e. The normalized spacial score (nSPS) is 34.8. The fourth-order valence-corrected chi connectivity index (χ4v) is 5.99. The minimum atomic E-state index is 0.330. The van der Waals surface area contributed by atoms with Gasteiger partial charge in [0.25, 0.3) is 0 Å². The first kappa shape index (κ1) is 15.2. The van der Waals surface area contributed by atoms with E-state index in [4.69, 9.17) is 0 Å². The molecule has 5 rings (SSSR count). The predicted octanol–water partition coefficient (Wildman–Crippen LogP) is 3.47. The number of amides is 1. The summed E-state index contributed by atoms with van der Waals surface area (Å²) in [5, 5.41) is 4.31. The van der Waals surface area contributed by atoms with Gasteiger partial charge in [-0.15, -0.1) is 0 Å². The van der Waals surface area contributed by atoms with Crippen LogP contribution in [0.2, 0.25) is 0 Å². The molecule has 4 aliphatic carbocycles. The molecule has 1 amide bonds. The second-order valence-electron chi connectivity index (χ2n) is 8.55. The molecule has 1 aromatic rings. The highest BCUT2D eigenvalue weighted by Gasteiger charge is 2.51. The van der Waals surface area contributed by atoms with Gasteiger partial charge >= 0.3 is 0 Å². The molecule has 0 spiro atoms. The number of nitrogens with zero attached hydrogens (tertiary/aromatic N) is 3. The topological polar surface area (TPSA) is 38.1 Å². The first-order valence-electron chi connectivity index (χ1n) is 9.30. The molecular weight excluding hydrogens is 286 g/mol. The van der Waals surface area contributed by atoms with Crippen molar-refractivity contribution in [3.8, 4) is 0 Å². The summed E-state index contributed by atoms with van der Waals surface area (Å²) in [6.07, 6.45) is 13.0. The van der Waals surface area contributed by atoms with E-state index in [1.165, 1.54) is 38.5 Å². The molecule has 1 aromatic heterocycles. The van der Waals surface area contributed by atoms with Gasteiger partial charge in [-0.25, -0.2) is 0 Å². The Balaban J connectivity index is 1.39. The van der Waals surface area contributed by atoms with Gasteiger partial charge in [0, 0.05) is 38.3 Å². The summed E-state index contributed by atoms with van der Waals surface area (Å²) >= 11 is 0. The third-order valence-electron chi connectivity index (χ3n) is 6.55. The van der Waals surface area contributed by atoms with Gasteiger partial charge in [0.05, 0.1) is 6.20 Å². The maximum atomic E-state index is 12.8. The third kappa shape index (κ3) is 2.92. The Kier molecular flexibility index (Phi) is 3.73. The lowest BCUT2D eigenvalue weighted by Gasteiger charge is -2.56. The van der Waals surface area contributed by atoms with Gasteiger partial charge in [-0.2, -0.15) is 5.10 Å². The van der Waals surface area contributed by atoms with Crippen molar-refractivity contribution in [2.75, 3.05) is 7.05 Å². The van der Waals surface area contributed by atoms with Gasteiger partial charge in [-0.3, -0.25) is 9.48 Å². The minimum absolute atomic E-state index is 0.330. The highest BCUT2D eigenvalue weighted by atomic mass is 16.2. The van der Waals surface area contributed by atoms with Crippen LogP contribution in [0.25, 0.3) is 0 Å². The Morgan fingerprint density at radius 2 is 1.87 bits per heavy atom. The Morgan fingerprint density at radius 1 is 1.26 bits per heavy atom. The number of aryl methyl sites for hydroxylation is 1. The molecule has 1 heterocycles. The van der Waals surface area contributed by atoms with Crippen molar-refractivity contribution in [3.63, 3.8) is 0 Å². The highest BCUT2D eigenvalue weighted by molar-refractivity contribution is 5.76. The Morgan fingerprint density at radius 3 is 2.39 bits per heavy atom. The molecule has 0 aromatic carbocycles. The largest absolute Gasteiger partial charge is 0.341 e. The summed E-state index contributed by atoms with van der Waals surface area (Å²) in [6, 6.07) is 0. The lowest BCUT2D eigenvalue weighted by atomic mass is 9.49. The van der Waals surface area contributed by atoms with E-state index in [1.807, 2.05) is 22.8 Å². The van der Waals surface area contributed by atoms with E-state index >= 15 is 0 Å². The lowest BCUT2D eigenvalue weighted by molar-refractivity contribution is -0.138. The molecule has 4 saturated carbocycles. The zero-order valence-corrected chi connectivity index (χ0v) is 14.5. The Bertz CT molecular complexity index is 556. The lowest BCUT2D eigenvalue weighted by Crippen LogP contribution is -2.48. The SMILES string of the molecule is CCn1cc(CN(C)C(=O)CC23CC4CC(CC(C4)C2)C3)cn1. The van der Waals surface area contributed by atoms with Gasteiger partial charge in [-0.05, 0) is 68.6 Å². The molecule has 4 bridgehead atoms. The van der Waals surface area contributed by atoms with Crippen LogP contribution in [0.4, 0.5) is 0 Å². The van der Waals surface area contributed by atoms with Gasteiger partial charge in [0.15, 0.2) is 0 Å². The number of aromatic nitrogens is 2. The van der Waals surface area contributed by atoms with Gasteiger partial charge in [0.2, 0.25) is 5.91 Å². The van der Waals surface area contributed by atoms with Crippen molar-refractivity contribution in [2.24, 2.45) is 23.2 Å². The van der Waals surface area contributed by atoms with Crippen molar-refractivity contribution in [2.45, 2.75) is 65.0 Å². The van der Waals surface area contributed by atoms with Gasteiger partial charge in [-0.1, -0.05) is 0 Å². The van der Waals surface area contributed by atoms with Gasteiger partial charge < -0.3 is 4.90 Å². The summed E-state index contributed by atoms with van der Waals surface area (Å²) in [5.41, 5.74) is 1.47. The second kappa shape index (κ2) is 5.64. The first-order valence-corrected chi connectivity index (χ1v) is 9.30. The van der Waals surface area contributed by atoms with Crippen LogP contribution < -0.4 is 0 Å². The fraction of sp³-hybridized carbons (Fsp3) is 0.789. The molecule has 4 nitrogen and oxygen atoms in total. The van der Waals surface area contributed by atoms with Crippen LogP contribution in [0, 0.1) is 23.2 Å². The molecule has 4 fully saturated rings. The quantitative estimate of drug-likeness (QED) is 0.834. The van der Waals surface area contributed by atoms with Crippen LogP contribution >= 0.6 is 0 Å². The molecule has 0 aliphatic heterocycles. The van der Waals surface area contributed by atoms with Crippen molar-refractivity contribution in [1.29, 1.82) is 0 Å². The van der Waals surface area contributed by atoms with E-state index in [2.05, 4.69) is 18.2 Å². The van der Waals surface area contributed by atoms with E-state index in [1.54, 1.807) is 0 Å². The maximum absolute atomic E-state index is 12.8. The van der Waals surface area contributed by atoms with Crippen LogP contribution in [-0.4, -0.2) is 27.6 Å². The molecule has 4 heteroatoms. The third-order valence-corrected chi connectivity index (χ3v) is 6.55. The Labute approximate surface area is 139 Å². The molecule has 0 N–H and O–H groups in total. The molecule has 0 atom stereocenters. The summed E-state index contributed by atoms with van der Waals surface area (Å²) < 4.78 is 1.92. The van der Waals surface area contributed by atoms with Crippen LogP contribution in [0.1, 0.15) is 57.4 Å². The van der Waals surface area contributed by atoms with E-state index in [0.717, 1.165) is 36.3 Å². The van der Waals surface area contributed by atoms with Crippen molar-refractivity contribution >= 4 is 5.91 Å². The van der Waals surface area contributed by atoms with Gasteiger partial charge in [0.1, 0.15) is 0 Å². The van der Waals surface area contributed by atoms with E-state index < -0.39 is 0 Å². The number of hydrogen-bond donors (Lipinski definition) is 0. The average Bonchev–Trinajstić information content (AvgIpc) is 2.92. The average molecular weight is 315 g/mol. The molecule has 0 saturated heterocycles. The van der Waals surface area contributed by atoms with Crippen LogP contribution in [0.3, 0.4) is 0 Å². The van der Waals surface area contributed by atoms with Crippen molar-refractivity contribution in [3.05, 3.63) is 18.0 Å². The molecule has 23 heavy (non-hydrogen) atoms. The summed E-state index contributed by atoms with van der Waals surface area (Å²) in [4.78, 5) is 14.7. The predicted molar refractivity (Wildman–Crippen MR) is 89.6 cm³/mol. The fourth-order valence-electron chi connectivity index (χ4n) is 5.99. The zero-order valence-electron chi connectivity index (χ0n) is 14.5. The first-order chi connectivity index (χ1) is 11.0. The summed E-state index contributed by atoms with van der Waals surface area (Å²) in [6.45, 7) is 3.65. The molecular formula is C19H29N3O.